The standard InChI is InChI=1S/C17H11BrNO2.Y/c1-11-12(10-20)3-2-4-16(11)21-17-7-8-19-15-9-13(18)5-6-14(15)17;/h2-9H,1H3;/q-1;. The van der Waals surface area contributed by atoms with E-state index < -0.39 is 0 Å². The van der Waals surface area contributed by atoms with E-state index in [2.05, 4.69) is 20.9 Å². The normalized spacial score (nSPS) is 10.1. The van der Waals surface area contributed by atoms with Crippen molar-refractivity contribution < 1.29 is 42.2 Å². The molecule has 0 fully saturated rings. The second kappa shape index (κ2) is 7.45. The van der Waals surface area contributed by atoms with Crippen molar-refractivity contribution in [1.82, 2.24) is 4.98 Å². The average Bonchev–Trinajstić information content (AvgIpc) is 2.49. The third kappa shape index (κ3) is 3.45. The van der Waals surface area contributed by atoms with Gasteiger partial charge in [0.2, 0.25) is 0 Å². The Morgan fingerprint density at radius 3 is 2.73 bits per heavy atom. The van der Waals surface area contributed by atoms with E-state index >= 15 is 0 Å². The zero-order valence-corrected chi connectivity index (χ0v) is 16.3. The Labute approximate surface area is 162 Å². The Hall–Kier alpha value is -1.10. The Morgan fingerprint density at radius 1 is 1.14 bits per heavy atom. The van der Waals surface area contributed by atoms with Crippen molar-refractivity contribution in [2.45, 2.75) is 6.92 Å². The fourth-order valence-electron chi connectivity index (χ4n) is 2.14. The topological polar surface area (TPSA) is 39.2 Å². The van der Waals surface area contributed by atoms with Crippen molar-refractivity contribution in [3.63, 3.8) is 0 Å². The first-order chi connectivity index (χ1) is 10.2. The molecule has 0 amide bonds. The number of benzene rings is 2. The molecule has 0 saturated carbocycles. The van der Waals surface area contributed by atoms with Crippen LogP contribution in [0.25, 0.3) is 10.9 Å². The molecule has 1 radical (unpaired) electrons. The van der Waals surface area contributed by atoms with Crippen LogP contribution in [0.1, 0.15) is 11.1 Å². The number of aromatic nitrogens is 1. The first-order valence-corrected chi connectivity index (χ1v) is 7.18. The maximum atomic E-state index is 10.9. The monoisotopic (exact) mass is 429 g/mol. The number of hydrogen-bond acceptors (Lipinski definition) is 3. The van der Waals surface area contributed by atoms with E-state index in [9.17, 15) is 4.79 Å². The number of halogens is 1. The summed E-state index contributed by atoms with van der Waals surface area (Å²) < 4.78 is 6.94. The molecule has 0 spiro atoms. The molecule has 0 atom stereocenters. The second-order valence-electron chi connectivity index (χ2n) is 4.60. The van der Waals surface area contributed by atoms with Gasteiger partial charge in [0.15, 0.2) is 0 Å². The molecule has 3 nitrogen and oxygen atoms in total. The van der Waals surface area contributed by atoms with Gasteiger partial charge < -0.3 is 9.53 Å². The van der Waals surface area contributed by atoms with Crippen LogP contribution in [0.15, 0.2) is 53.1 Å². The minimum atomic E-state index is 0. The van der Waals surface area contributed by atoms with Crippen LogP contribution in [0.4, 0.5) is 0 Å². The quantitative estimate of drug-likeness (QED) is 0.573. The molecular weight excluding hydrogens is 419 g/mol. The SMILES string of the molecule is Cc1c([C-]=O)cccc1Oc1ccnc2cc(Br)ccc12.[Y]. The molecule has 0 N–H and O–H groups in total. The van der Waals surface area contributed by atoms with Gasteiger partial charge in [-0.25, -0.2) is 0 Å². The van der Waals surface area contributed by atoms with Gasteiger partial charge in [0.05, 0.1) is 17.6 Å². The summed E-state index contributed by atoms with van der Waals surface area (Å²) in [6.45, 7) is 1.84. The smallest absolute Gasteiger partial charge is 0.136 e. The van der Waals surface area contributed by atoms with Crippen LogP contribution in [0.2, 0.25) is 0 Å². The Bertz CT molecular complexity index is 836. The van der Waals surface area contributed by atoms with Gasteiger partial charge in [0, 0.05) is 48.8 Å². The zero-order chi connectivity index (χ0) is 14.8. The first kappa shape index (κ1) is 17.3. The van der Waals surface area contributed by atoms with Crippen LogP contribution in [-0.2, 0) is 37.5 Å². The molecule has 22 heavy (non-hydrogen) atoms. The van der Waals surface area contributed by atoms with E-state index in [1.807, 2.05) is 43.5 Å². The summed E-state index contributed by atoms with van der Waals surface area (Å²) >= 11 is 3.43. The molecule has 3 aromatic rings. The maximum Gasteiger partial charge on any atom is 0.136 e. The van der Waals surface area contributed by atoms with Crippen LogP contribution in [0, 0.1) is 6.92 Å². The van der Waals surface area contributed by atoms with Crippen LogP contribution < -0.4 is 4.74 Å². The summed E-state index contributed by atoms with van der Waals surface area (Å²) in [5.74, 6) is 1.35. The van der Waals surface area contributed by atoms with E-state index in [0.717, 1.165) is 20.9 Å². The molecule has 0 unspecified atom stereocenters. The number of pyridine rings is 1. The van der Waals surface area contributed by atoms with Gasteiger partial charge in [0.25, 0.3) is 0 Å². The molecular formula is C17H11BrNO2Y-. The predicted octanol–water partition coefficient (Wildman–Crippen LogP) is 4.55. The van der Waals surface area contributed by atoms with E-state index in [4.69, 9.17) is 4.74 Å². The maximum absolute atomic E-state index is 10.9. The van der Waals surface area contributed by atoms with Crippen LogP contribution in [0.3, 0.4) is 0 Å². The molecule has 0 aliphatic heterocycles. The number of rotatable bonds is 3. The van der Waals surface area contributed by atoms with Gasteiger partial charge in [-0.1, -0.05) is 22.9 Å². The van der Waals surface area contributed by atoms with Gasteiger partial charge in [-0.2, -0.15) is 6.07 Å². The van der Waals surface area contributed by atoms with Crippen molar-refractivity contribution in [3.05, 3.63) is 64.3 Å². The fraction of sp³-hybridized carbons (Fsp3) is 0.0588. The minimum absolute atomic E-state index is 0. The zero-order valence-electron chi connectivity index (χ0n) is 11.8. The number of fused-ring (bicyclic) bond motifs is 1. The molecule has 5 heteroatoms. The molecule has 1 aromatic heterocycles. The molecule has 1 heterocycles. The molecule has 0 saturated heterocycles. The molecule has 0 bridgehead atoms. The van der Waals surface area contributed by atoms with Gasteiger partial charge in [-0.05, 0) is 30.3 Å². The number of ether oxygens (including phenoxy) is 1. The summed E-state index contributed by atoms with van der Waals surface area (Å²) in [5.41, 5.74) is 2.13. The van der Waals surface area contributed by atoms with E-state index in [0.29, 0.717) is 17.1 Å². The van der Waals surface area contributed by atoms with Gasteiger partial charge in [-0.3, -0.25) is 4.98 Å². The summed E-state index contributed by atoms with van der Waals surface area (Å²) in [7, 11) is 0. The minimum Gasteiger partial charge on any atom is -0.469 e. The third-order valence-electron chi connectivity index (χ3n) is 3.28. The number of hydrogen-bond donors (Lipinski definition) is 0. The number of nitrogens with zero attached hydrogens (tertiary/aromatic N) is 1. The number of carbonyl (C=O) groups excluding carboxylic acids is 1. The van der Waals surface area contributed by atoms with E-state index in [-0.39, 0.29) is 32.7 Å². The third-order valence-corrected chi connectivity index (χ3v) is 3.77. The van der Waals surface area contributed by atoms with Crippen molar-refractivity contribution in [3.8, 4) is 11.5 Å². The Morgan fingerprint density at radius 2 is 1.95 bits per heavy atom. The van der Waals surface area contributed by atoms with E-state index in [1.54, 1.807) is 18.3 Å². The van der Waals surface area contributed by atoms with Crippen molar-refractivity contribution in [2.24, 2.45) is 0 Å². The Balaban J connectivity index is 0.00000176. The van der Waals surface area contributed by atoms with Crippen molar-refractivity contribution in [2.75, 3.05) is 0 Å². The van der Waals surface area contributed by atoms with Gasteiger partial charge in [0.1, 0.15) is 5.75 Å². The fourth-order valence-corrected chi connectivity index (χ4v) is 2.49. The van der Waals surface area contributed by atoms with Crippen LogP contribution >= 0.6 is 15.9 Å². The summed E-state index contributed by atoms with van der Waals surface area (Å²) in [5, 5.41) is 0.917. The average molecular weight is 430 g/mol. The molecule has 3 rings (SSSR count). The molecule has 107 valence electrons. The molecule has 0 aliphatic carbocycles. The molecule has 0 aliphatic rings. The van der Waals surface area contributed by atoms with Crippen molar-refractivity contribution >= 4 is 33.1 Å². The summed E-state index contributed by atoms with van der Waals surface area (Å²) in [4.78, 5) is 15.2. The summed E-state index contributed by atoms with van der Waals surface area (Å²) in [6, 6.07) is 13.0. The van der Waals surface area contributed by atoms with Gasteiger partial charge >= 0.3 is 0 Å². The van der Waals surface area contributed by atoms with E-state index in [1.165, 1.54) is 0 Å². The van der Waals surface area contributed by atoms with Gasteiger partial charge in [-0.15, -0.1) is 17.2 Å². The Kier molecular flexibility index (Phi) is 5.84. The second-order valence-corrected chi connectivity index (χ2v) is 5.52. The predicted molar refractivity (Wildman–Crippen MR) is 85.5 cm³/mol. The first-order valence-electron chi connectivity index (χ1n) is 6.39. The molecule has 2 aromatic carbocycles. The largest absolute Gasteiger partial charge is 0.469 e. The van der Waals surface area contributed by atoms with Crippen LogP contribution in [0.5, 0.6) is 11.5 Å². The summed E-state index contributed by atoms with van der Waals surface area (Å²) in [6.07, 6.45) is 3.62. The van der Waals surface area contributed by atoms with Crippen LogP contribution in [-0.4, -0.2) is 11.3 Å². The van der Waals surface area contributed by atoms with Crippen molar-refractivity contribution in [1.29, 1.82) is 0 Å².